The summed E-state index contributed by atoms with van der Waals surface area (Å²) in [6.45, 7) is 9.64. The van der Waals surface area contributed by atoms with Crippen molar-refractivity contribution >= 4 is 11.9 Å². The number of hydrogen-bond acceptors (Lipinski definition) is 5. The Morgan fingerprint density at radius 1 is 1.37 bits per heavy atom. The number of likely N-dealkylation sites (tertiary alicyclic amines) is 1. The van der Waals surface area contributed by atoms with E-state index >= 15 is 0 Å². The molecule has 27 heavy (non-hydrogen) atoms. The first-order chi connectivity index (χ1) is 12.9. The van der Waals surface area contributed by atoms with Gasteiger partial charge in [-0.05, 0) is 64.5 Å². The Morgan fingerprint density at radius 3 is 3.04 bits per heavy atom. The summed E-state index contributed by atoms with van der Waals surface area (Å²) < 4.78 is 11.3. The molecule has 2 aliphatic rings. The van der Waals surface area contributed by atoms with Gasteiger partial charge in [-0.1, -0.05) is 6.07 Å². The van der Waals surface area contributed by atoms with Crippen molar-refractivity contribution in [2.24, 2.45) is 5.92 Å². The SMILES string of the molecule is CC(C)(C)OC(=O)N1CC[C@@H](COCCCc2ccc3c(n2)NCCC3)C1. The van der Waals surface area contributed by atoms with E-state index < -0.39 is 5.60 Å². The summed E-state index contributed by atoms with van der Waals surface area (Å²) in [6.07, 6.45) is 4.99. The van der Waals surface area contributed by atoms with Crippen LogP contribution in [0, 0.1) is 5.92 Å². The standard InChI is InChI=1S/C21H33N3O3/c1-21(2,3)27-20(25)24-12-10-16(14-24)15-26-13-5-7-18-9-8-17-6-4-11-22-19(17)23-18/h8-9,16H,4-7,10-15H2,1-3H3,(H,22,23)/t16-/m1/s1. The molecule has 0 radical (unpaired) electrons. The molecule has 0 bridgehead atoms. The fourth-order valence-corrected chi connectivity index (χ4v) is 3.57. The van der Waals surface area contributed by atoms with Gasteiger partial charge in [0.2, 0.25) is 0 Å². The number of ether oxygens (including phenoxy) is 2. The van der Waals surface area contributed by atoms with Gasteiger partial charge in [-0.2, -0.15) is 0 Å². The second-order valence-electron chi connectivity index (χ2n) is 8.60. The molecule has 150 valence electrons. The summed E-state index contributed by atoms with van der Waals surface area (Å²) in [7, 11) is 0. The van der Waals surface area contributed by atoms with Gasteiger partial charge in [0.25, 0.3) is 0 Å². The van der Waals surface area contributed by atoms with Crippen molar-refractivity contribution in [3.8, 4) is 0 Å². The lowest BCUT2D eigenvalue weighted by molar-refractivity contribution is 0.0274. The number of nitrogens with zero attached hydrogens (tertiary/aromatic N) is 2. The molecule has 6 nitrogen and oxygen atoms in total. The zero-order valence-corrected chi connectivity index (χ0v) is 16.9. The molecule has 1 aromatic heterocycles. The highest BCUT2D eigenvalue weighted by atomic mass is 16.6. The van der Waals surface area contributed by atoms with Crippen LogP contribution >= 0.6 is 0 Å². The molecule has 0 aliphatic carbocycles. The van der Waals surface area contributed by atoms with Crippen molar-refractivity contribution < 1.29 is 14.3 Å². The predicted molar refractivity (Wildman–Crippen MR) is 106 cm³/mol. The molecular formula is C21H33N3O3. The number of nitrogens with one attached hydrogen (secondary N) is 1. The maximum atomic E-state index is 12.1. The highest BCUT2D eigenvalue weighted by Gasteiger charge is 2.29. The number of aromatic nitrogens is 1. The van der Waals surface area contributed by atoms with Crippen LogP contribution in [0.2, 0.25) is 0 Å². The topological polar surface area (TPSA) is 63.7 Å². The van der Waals surface area contributed by atoms with E-state index in [1.165, 1.54) is 12.0 Å². The highest BCUT2D eigenvalue weighted by Crippen LogP contribution is 2.21. The van der Waals surface area contributed by atoms with Gasteiger partial charge in [-0.25, -0.2) is 9.78 Å². The van der Waals surface area contributed by atoms with E-state index in [1.54, 1.807) is 4.90 Å². The summed E-state index contributed by atoms with van der Waals surface area (Å²) in [6, 6.07) is 4.34. The lowest BCUT2D eigenvalue weighted by Gasteiger charge is -2.24. The quantitative estimate of drug-likeness (QED) is 0.769. The average Bonchev–Trinajstić information content (AvgIpc) is 3.09. The molecule has 0 spiro atoms. The van der Waals surface area contributed by atoms with Crippen molar-refractivity contribution in [3.63, 3.8) is 0 Å². The zero-order chi connectivity index (χ0) is 19.3. The summed E-state index contributed by atoms with van der Waals surface area (Å²) in [5.74, 6) is 1.47. The van der Waals surface area contributed by atoms with Crippen LogP contribution in [0.4, 0.5) is 10.6 Å². The molecule has 1 fully saturated rings. The molecule has 1 amide bonds. The fourth-order valence-electron chi connectivity index (χ4n) is 3.57. The molecule has 3 rings (SSSR count). The smallest absolute Gasteiger partial charge is 0.410 e. The normalized spacial score (nSPS) is 19.5. The Balaban J connectivity index is 1.31. The molecule has 3 heterocycles. The number of anilines is 1. The van der Waals surface area contributed by atoms with Gasteiger partial charge >= 0.3 is 6.09 Å². The predicted octanol–water partition coefficient (Wildman–Crippen LogP) is 3.65. The molecule has 1 N–H and O–H groups in total. The van der Waals surface area contributed by atoms with Gasteiger partial charge < -0.3 is 19.7 Å². The van der Waals surface area contributed by atoms with E-state index in [1.807, 2.05) is 20.8 Å². The summed E-state index contributed by atoms with van der Waals surface area (Å²) in [5.41, 5.74) is 2.02. The Hall–Kier alpha value is -1.82. The van der Waals surface area contributed by atoms with E-state index in [2.05, 4.69) is 17.4 Å². The molecule has 6 heteroatoms. The molecule has 1 aromatic rings. The monoisotopic (exact) mass is 375 g/mol. The second kappa shape index (κ2) is 8.91. The van der Waals surface area contributed by atoms with E-state index in [9.17, 15) is 4.79 Å². The van der Waals surface area contributed by atoms with E-state index in [4.69, 9.17) is 14.5 Å². The van der Waals surface area contributed by atoms with Gasteiger partial charge in [0, 0.05) is 37.9 Å². The molecule has 2 aliphatic heterocycles. The lowest BCUT2D eigenvalue weighted by Crippen LogP contribution is -2.35. The third-order valence-electron chi connectivity index (χ3n) is 4.96. The number of carbonyl (C=O) groups excluding carboxylic acids is 1. The Kier molecular flexibility index (Phi) is 6.58. The summed E-state index contributed by atoms with van der Waals surface area (Å²) in [4.78, 5) is 18.6. The Bertz CT molecular complexity index is 642. The third kappa shape index (κ3) is 6.09. The molecule has 1 saturated heterocycles. The molecule has 0 aromatic carbocycles. The second-order valence-corrected chi connectivity index (χ2v) is 8.60. The average molecular weight is 376 g/mol. The van der Waals surface area contributed by atoms with Gasteiger partial charge in [0.15, 0.2) is 0 Å². The maximum absolute atomic E-state index is 12.1. The van der Waals surface area contributed by atoms with Crippen LogP contribution < -0.4 is 5.32 Å². The maximum Gasteiger partial charge on any atom is 0.410 e. The van der Waals surface area contributed by atoms with E-state index in [0.29, 0.717) is 12.5 Å². The van der Waals surface area contributed by atoms with Crippen molar-refractivity contribution in [1.29, 1.82) is 0 Å². The third-order valence-corrected chi connectivity index (χ3v) is 4.96. The molecule has 0 saturated carbocycles. The van der Waals surface area contributed by atoms with Crippen LogP contribution in [-0.4, -0.2) is 54.4 Å². The number of aryl methyl sites for hydroxylation is 2. The van der Waals surface area contributed by atoms with Gasteiger partial charge in [-0.3, -0.25) is 0 Å². The van der Waals surface area contributed by atoms with E-state index in [-0.39, 0.29) is 6.09 Å². The van der Waals surface area contributed by atoms with Crippen LogP contribution in [0.1, 0.15) is 51.3 Å². The zero-order valence-electron chi connectivity index (χ0n) is 16.9. The number of fused-ring (bicyclic) bond motifs is 1. The van der Waals surface area contributed by atoms with Crippen molar-refractivity contribution in [2.45, 2.75) is 58.5 Å². The van der Waals surface area contributed by atoms with Crippen LogP contribution in [-0.2, 0) is 22.3 Å². The Morgan fingerprint density at radius 2 is 2.22 bits per heavy atom. The largest absolute Gasteiger partial charge is 0.444 e. The summed E-state index contributed by atoms with van der Waals surface area (Å²) in [5, 5.41) is 3.38. The summed E-state index contributed by atoms with van der Waals surface area (Å²) >= 11 is 0. The first-order valence-electron chi connectivity index (χ1n) is 10.2. The number of rotatable bonds is 6. The van der Waals surface area contributed by atoms with Crippen LogP contribution in [0.25, 0.3) is 0 Å². The first kappa shape index (κ1) is 19.9. The minimum absolute atomic E-state index is 0.211. The fraction of sp³-hybridized carbons (Fsp3) is 0.714. The number of pyridine rings is 1. The molecule has 1 atom stereocenters. The number of hydrogen-bond donors (Lipinski definition) is 1. The highest BCUT2D eigenvalue weighted by molar-refractivity contribution is 5.68. The van der Waals surface area contributed by atoms with Crippen molar-refractivity contribution in [2.75, 3.05) is 38.2 Å². The first-order valence-corrected chi connectivity index (χ1v) is 10.2. The van der Waals surface area contributed by atoms with Crippen LogP contribution in [0.3, 0.4) is 0 Å². The minimum Gasteiger partial charge on any atom is -0.444 e. The number of carbonyl (C=O) groups is 1. The Labute approximate surface area is 162 Å². The van der Waals surface area contributed by atoms with Crippen LogP contribution in [0.15, 0.2) is 12.1 Å². The van der Waals surface area contributed by atoms with Gasteiger partial charge in [0.1, 0.15) is 11.4 Å². The van der Waals surface area contributed by atoms with Crippen molar-refractivity contribution in [3.05, 3.63) is 23.4 Å². The van der Waals surface area contributed by atoms with E-state index in [0.717, 1.165) is 63.4 Å². The van der Waals surface area contributed by atoms with Crippen LogP contribution in [0.5, 0.6) is 0 Å². The number of amides is 1. The van der Waals surface area contributed by atoms with Crippen molar-refractivity contribution in [1.82, 2.24) is 9.88 Å². The van der Waals surface area contributed by atoms with Gasteiger partial charge in [0.05, 0.1) is 6.61 Å². The lowest BCUT2D eigenvalue weighted by atomic mass is 10.1. The molecule has 0 unspecified atom stereocenters. The van der Waals surface area contributed by atoms with Gasteiger partial charge in [-0.15, -0.1) is 0 Å². The molecular weight excluding hydrogens is 342 g/mol. The minimum atomic E-state index is -0.439.